The van der Waals surface area contributed by atoms with E-state index in [4.69, 9.17) is 10.8 Å². The summed E-state index contributed by atoms with van der Waals surface area (Å²) in [6.07, 6.45) is -0.447. The lowest BCUT2D eigenvalue weighted by molar-refractivity contribution is -0.140. The fraction of sp³-hybridized carbons (Fsp3) is 0.600. The Hall–Kier alpha value is -2.12. The fourth-order valence-electron chi connectivity index (χ4n) is 1.07. The third-order valence-electron chi connectivity index (χ3n) is 2.14. The highest BCUT2D eigenvalue weighted by Gasteiger charge is 2.25. The first-order chi connectivity index (χ1) is 8.27. The molecule has 18 heavy (non-hydrogen) atoms. The van der Waals surface area contributed by atoms with Crippen LogP contribution in [-0.4, -0.2) is 40.9 Å². The number of carbonyl (C=O) groups is 4. The van der Waals surface area contributed by atoms with E-state index in [9.17, 15) is 19.2 Å². The lowest BCUT2D eigenvalue weighted by Gasteiger charge is -2.18. The molecule has 0 saturated heterocycles. The maximum atomic E-state index is 11.6. The quantitative estimate of drug-likeness (QED) is 0.433. The number of nitrogens with one attached hydrogen (secondary N) is 2. The molecule has 8 heteroatoms. The Kier molecular flexibility index (Phi) is 6.40. The molecule has 0 heterocycles. The molecule has 0 aliphatic rings. The molecule has 102 valence electrons. The third kappa shape index (κ3) is 5.83. The molecule has 0 aromatic heterocycles. The first-order valence-electron chi connectivity index (χ1n) is 5.38. The van der Waals surface area contributed by atoms with Crippen LogP contribution in [0.5, 0.6) is 0 Å². The molecule has 0 bridgehead atoms. The van der Waals surface area contributed by atoms with Crippen LogP contribution >= 0.6 is 0 Å². The van der Waals surface area contributed by atoms with E-state index < -0.39 is 42.2 Å². The number of rotatable bonds is 7. The second kappa shape index (κ2) is 7.25. The van der Waals surface area contributed by atoms with Gasteiger partial charge in [0.15, 0.2) is 0 Å². The molecule has 5 N–H and O–H groups in total. The standard InChI is InChI=1S/C10H17N3O5/c1-3-7(14)13-6(4-8(15)16)10(18)12-5(2)9(11)17/h5-6H,3-4H2,1-2H3,(H2,11,17)(H,12,18)(H,13,14)(H,15,16). The maximum absolute atomic E-state index is 11.6. The summed E-state index contributed by atoms with van der Waals surface area (Å²) in [6.45, 7) is 2.93. The van der Waals surface area contributed by atoms with E-state index >= 15 is 0 Å². The van der Waals surface area contributed by atoms with Crippen molar-refractivity contribution in [2.24, 2.45) is 5.73 Å². The number of primary amides is 1. The normalized spacial score (nSPS) is 13.2. The fourth-order valence-corrected chi connectivity index (χ4v) is 1.07. The molecule has 2 atom stereocenters. The summed E-state index contributed by atoms with van der Waals surface area (Å²) in [7, 11) is 0. The van der Waals surface area contributed by atoms with Crippen LogP contribution in [-0.2, 0) is 19.2 Å². The summed E-state index contributed by atoms with van der Waals surface area (Å²) >= 11 is 0. The lowest BCUT2D eigenvalue weighted by Crippen LogP contribution is -2.52. The van der Waals surface area contributed by atoms with Crippen molar-refractivity contribution in [1.82, 2.24) is 10.6 Å². The molecule has 0 aliphatic carbocycles. The van der Waals surface area contributed by atoms with E-state index in [-0.39, 0.29) is 6.42 Å². The minimum Gasteiger partial charge on any atom is -0.481 e. The number of carbonyl (C=O) groups excluding carboxylic acids is 3. The van der Waals surface area contributed by atoms with Gasteiger partial charge in [0, 0.05) is 6.42 Å². The van der Waals surface area contributed by atoms with Gasteiger partial charge in [0.1, 0.15) is 12.1 Å². The Labute approximate surface area is 104 Å². The predicted molar refractivity (Wildman–Crippen MR) is 61.3 cm³/mol. The highest BCUT2D eigenvalue weighted by molar-refractivity contribution is 5.93. The number of carboxylic acids is 1. The van der Waals surface area contributed by atoms with Crippen LogP contribution in [0.1, 0.15) is 26.7 Å². The average molecular weight is 259 g/mol. The van der Waals surface area contributed by atoms with Gasteiger partial charge >= 0.3 is 5.97 Å². The van der Waals surface area contributed by atoms with Gasteiger partial charge in [-0.25, -0.2) is 0 Å². The van der Waals surface area contributed by atoms with Crippen molar-refractivity contribution in [2.45, 2.75) is 38.8 Å². The molecular formula is C10H17N3O5. The first-order valence-corrected chi connectivity index (χ1v) is 5.38. The lowest BCUT2D eigenvalue weighted by atomic mass is 10.1. The van der Waals surface area contributed by atoms with Crippen molar-refractivity contribution in [1.29, 1.82) is 0 Å². The summed E-state index contributed by atoms with van der Waals surface area (Å²) < 4.78 is 0. The number of hydrogen-bond donors (Lipinski definition) is 4. The second-order valence-electron chi connectivity index (χ2n) is 3.70. The zero-order chi connectivity index (χ0) is 14.3. The molecule has 3 amide bonds. The van der Waals surface area contributed by atoms with Crippen molar-refractivity contribution in [3.05, 3.63) is 0 Å². The van der Waals surface area contributed by atoms with Crippen LogP contribution < -0.4 is 16.4 Å². The molecule has 0 aromatic carbocycles. The largest absolute Gasteiger partial charge is 0.481 e. The summed E-state index contributed by atoms with van der Waals surface area (Å²) in [5.74, 6) is -3.20. The highest BCUT2D eigenvalue weighted by Crippen LogP contribution is 1.95. The Morgan fingerprint density at radius 2 is 1.78 bits per heavy atom. The van der Waals surface area contributed by atoms with Gasteiger partial charge in [0.05, 0.1) is 6.42 Å². The monoisotopic (exact) mass is 259 g/mol. The van der Waals surface area contributed by atoms with Crippen molar-refractivity contribution in [2.75, 3.05) is 0 Å². The van der Waals surface area contributed by atoms with Gasteiger partial charge < -0.3 is 21.5 Å². The SMILES string of the molecule is CCC(=O)NC(CC(=O)O)C(=O)NC(C)C(N)=O. The Balaban J connectivity index is 4.63. The van der Waals surface area contributed by atoms with E-state index in [0.29, 0.717) is 0 Å². The molecule has 0 aliphatic heterocycles. The Morgan fingerprint density at radius 1 is 1.22 bits per heavy atom. The molecule has 8 nitrogen and oxygen atoms in total. The van der Waals surface area contributed by atoms with Gasteiger partial charge in [0.2, 0.25) is 17.7 Å². The van der Waals surface area contributed by atoms with Crippen molar-refractivity contribution >= 4 is 23.7 Å². The van der Waals surface area contributed by atoms with Gasteiger partial charge in [-0.2, -0.15) is 0 Å². The van der Waals surface area contributed by atoms with Crippen LogP contribution in [0.3, 0.4) is 0 Å². The smallest absolute Gasteiger partial charge is 0.305 e. The number of aliphatic carboxylic acids is 1. The number of nitrogens with two attached hydrogens (primary N) is 1. The average Bonchev–Trinajstić information content (AvgIpc) is 2.26. The van der Waals surface area contributed by atoms with Crippen molar-refractivity contribution in [3.63, 3.8) is 0 Å². The van der Waals surface area contributed by atoms with Crippen LogP contribution in [0.2, 0.25) is 0 Å². The van der Waals surface area contributed by atoms with E-state index in [1.807, 2.05) is 0 Å². The van der Waals surface area contributed by atoms with E-state index in [2.05, 4.69) is 10.6 Å². The maximum Gasteiger partial charge on any atom is 0.305 e. The minimum atomic E-state index is -1.24. The van der Waals surface area contributed by atoms with Crippen molar-refractivity contribution in [3.8, 4) is 0 Å². The Bertz CT molecular complexity index is 355. The highest BCUT2D eigenvalue weighted by atomic mass is 16.4. The van der Waals surface area contributed by atoms with Crippen LogP contribution in [0.15, 0.2) is 0 Å². The van der Waals surface area contributed by atoms with Gasteiger partial charge in [-0.3, -0.25) is 19.2 Å². The van der Waals surface area contributed by atoms with Gasteiger partial charge in [-0.1, -0.05) is 6.92 Å². The number of hydrogen-bond acceptors (Lipinski definition) is 4. The third-order valence-corrected chi connectivity index (χ3v) is 2.14. The first kappa shape index (κ1) is 15.9. The zero-order valence-electron chi connectivity index (χ0n) is 10.2. The number of carboxylic acid groups (broad SMARTS) is 1. The zero-order valence-corrected chi connectivity index (χ0v) is 10.2. The van der Waals surface area contributed by atoms with E-state index in [0.717, 1.165) is 0 Å². The van der Waals surface area contributed by atoms with Crippen LogP contribution in [0.4, 0.5) is 0 Å². The van der Waals surface area contributed by atoms with Gasteiger partial charge in [-0.15, -0.1) is 0 Å². The summed E-state index contributed by atoms with van der Waals surface area (Å²) in [4.78, 5) is 44.1. The molecule has 0 spiro atoms. The summed E-state index contributed by atoms with van der Waals surface area (Å²) in [5.41, 5.74) is 4.96. The predicted octanol–water partition coefficient (Wildman–Crippen LogP) is -1.65. The topological polar surface area (TPSA) is 139 Å². The Morgan fingerprint density at radius 3 is 2.17 bits per heavy atom. The van der Waals surface area contributed by atoms with Gasteiger partial charge in [0.25, 0.3) is 0 Å². The van der Waals surface area contributed by atoms with Crippen molar-refractivity contribution < 1.29 is 24.3 Å². The second-order valence-corrected chi connectivity index (χ2v) is 3.70. The number of amides is 3. The van der Waals surface area contributed by atoms with Crippen LogP contribution in [0.25, 0.3) is 0 Å². The van der Waals surface area contributed by atoms with Crippen LogP contribution in [0, 0.1) is 0 Å². The van der Waals surface area contributed by atoms with E-state index in [1.165, 1.54) is 6.92 Å². The molecule has 0 rings (SSSR count). The van der Waals surface area contributed by atoms with Gasteiger partial charge in [-0.05, 0) is 6.92 Å². The van der Waals surface area contributed by atoms with E-state index in [1.54, 1.807) is 6.92 Å². The molecule has 0 aromatic rings. The summed E-state index contributed by atoms with van der Waals surface area (Å²) in [5, 5.41) is 13.1. The summed E-state index contributed by atoms with van der Waals surface area (Å²) in [6, 6.07) is -2.16. The minimum absolute atomic E-state index is 0.120. The molecule has 0 radical (unpaired) electrons. The molecule has 2 unspecified atom stereocenters. The molecular weight excluding hydrogens is 242 g/mol. The molecule has 0 saturated carbocycles. The molecule has 0 fully saturated rings.